The Hall–Kier alpha value is 0.120. The number of hydrogen-bond donors (Lipinski definition) is 1. The maximum Gasteiger partial charge on any atom is 0.307 e. The fourth-order valence-electron chi connectivity index (χ4n) is 3.82. The van der Waals surface area contributed by atoms with Gasteiger partial charge in [0, 0.05) is 18.9 Å². The van der Waals surface area contributed by atoms with Gasteiger partial charge in [-0.25, -0.2) is 0 Å². The topological polar surface area (TPSA) is 52.3 Å². The number of carbonyl (C=O) groups excluding carboxylic acids is 1. The summed E-state index contributed by atoms with van der Waals surface area (Å²) in [6, 6.07) is 0.707. The van der Waals surface area contributed by atoms with Crippen LogP contribution in [0.5, 0.6) is 0 Å². The fourth-order valence-corrected chi connectivity index (χ4v) is 3.82. The standard InChI is InChI=1S/C14H27N2O2.HI/c1-16-9-3-2-6-13(16)12(5-4-10-16)11-18-14(17)7-8-15;/h12-13H,2-11,15H2,1H3;1H/q+1;/p-1. The summed E-state index contributed by atoms with van der Waals surface area (Å²) < 4.78 is 6.59. The monoisotopic (exact) mass is 382 g/mol. The Labute approximate surface area is 133 Å². The maximum absolute atomic E-state index is 11.4. The van der Waals surface area contributed by atoms with E-state index in [1.165, 1.54) is 49.7 Å². The third-order valence-electron chi connectivity index (χ3n) is 4.81. The third-order valence-corrected chi connectivity index (χ3v) is 4.81. The van der Waals surface area contributed by atoms with E-state index in [0.717, 1.165) is 0 Å². The summed E-state index contributed by atoms with van der Waals surface area (Å²) in [7, 11) is 2.39. The Bertz CT molecular complexity index is 297. The molecule has 0 saturated carbocycles. The van der Waals surface area contributed by atoms with Gasteiger partial charge in [-0.2, -0.15) is 0 Å². The van der Waals surface area contributed by atoms with Crippen molar-refractivity contribution in [2.24, 2.45) is 11.7 Å². The van der Waals surface area contributed by atoms with Gasteiger partial charge in [-0.1, -0.05) is 0 Å². The van der Waals surface area contributed by atoms with Gasteiger partial charge in [0.25, 0.3) is 0 Å². The van der Waals surface area contributed by atoms with E-state index in [4.69, 9.17) is 10.5 Å². The summed E-state index contributed by atoms with van der Waals surface area (Å²) in [5.41, 5.74) is 5.36. The van der Waals surface area contributed by atoms with Crippen molar-refractivity contribution in [2.45, 2.75) is 44.6 Å². The second-order valence-corrected chi connectivity index (χ2v) is 6.11. The van der Waals surface area contributed by atoms with Crippen molar-refractivity contribution in [3.63, 3.8) is 0 Å². The maximum atomic E-state index is 11.4. The molecule has 2 heterocycles. The molecule has 0 aromatic carbocycles. The zero-order valence-corrected chi connectivity index (χ0v) is 14.1. The zero-order chi connectivity index (χ0) is 13.0. The van der Waals surface area contributed by atoms with Crippen LogP contribution in [0.4, 0.5) is 0 Å². The fraction of sp³-hybridized carbons (Fsp3) is 0.929. The first-order valence-corrected chi connectivity index (χ1v) is 7.35. The smallest absolute Gasteiger partial charge is 0.307 e. The molecule has 5 heteroatoms. The van der Waals surface area contributed by atoms with E-state index in [-0.39, 0.29) is 29.9 Å². The van der Waals surface area contributed by atoms with Crippen molar-refractivity contribution >= 4 is 5.97 Å². The average Bonchev–Trinajstić information content (AvgIpc) is 2.35. The second-order valence-electron chi connectivity index (χ2n) is 6.11. The largest absolute Gasteiger partial charge is 1.00 e. The van der Waals surface area contributed by atoms with E-state index in [0.29, 0.717) is 31.5 Å². The third kappa shape index (κ3) is 4.29. The molecule has 3 unspecified atom stereocenters. The SMILES string of the molecule is C[N+]12CCCCC1C(COC(=O)CCN)CCC2.[I-]. The van der Waals surface area contributed by atoms with Crippen LogP contribution in [0.2, 0.25) is 0 Å². The van der Waals surface area contributed by atoms with Crippen LogP contribution in [-0.4, -0.2) is 49.8 Å². The van der Waals surface area contributed by atoms with E-state index in [2.05, 4.69) is 7.05 Å². The minimum atomic E-state index is -0.131. The van der Waals surface area contributed by atoms with E-state index in [1.807, 2.05) is 0 Å². The molecule has 0 aliphatic carbocycles. The molecule has 0 bridgehead atoms. The molecule has 2 fully saturated rings. The molecule has 2 saturated heterocycles. The van der Waals surface area contributed by atoms with E-state index in [1.54, 1.807) is 0 Å². The van der Waals surface area contributed by atoms with Crippen LogP contribution < -0.4 is 29.7 Å². The number of fused-ring (bicyclic) bond motifs is 1. The summed E-state index contributed by atoms with van der Waals surface area (Å²) in [5, 5.41) is 0. The number of rotatable bonds is 4. The molecular weight excluding hydrogens is 355 g/mol. The van der Waals surface area contributed by atoms with Gasteiger partial charge in [0.2, 0.25) is 0 Å². The number of esters is 1. The predicted octanol–water partition coefficient (Wildman–Crippen LogP) is -1.71. The molecule has 19 heavy (non-hydrogen) atoms. The molecule has 3 atom stereocenters. The molecule has 4 nitrogen and oxygen atoms in total. The van der Waals surface area contributed by atoms with Crippen LogP contribution in [-0.2, 0) is 9.53 Å². The van der Waals surface area contributed by atoms with Crippen molar-refractivity contribution in [1.29, 1.82) is 0 Å². The van der Waals surface area contributed by atoms with Crippen LogP contribution in [0.25, 0.3) is 0 Å². The Morgan fingerprint density at radius 2 is 2.00 bits per heavy atom. The number of halogens is 1. The summed E-state index contributed by atoms with van der Waals surface area (Å²) in [5.74, 6) is 0.430. The van der Waals surface area contributed by atoms with Gasteiger partial charge in [0.05, 0.1) is 39.2 Å². The van der Waals surface area contributed by atoms with Gasteiger partial charge in [0.15, 0.2) is 0 Å². The average molecular weight is 382 g/mol. The van der Waals surface area contributed by atoms with Crippen molar-refractivity contribution in [2.75, 3.05) is 33.3 Å². The number of ether oxygens (including phenoxy) is 1. The quantitative estimate of drug-likeness (QED) is 0.358. The summed E-state index contributed by atoms with van der Waals surface area (Å²) in [6.07, 6.45) is 6.83. The molecule has 0 radical (unpaired) electrons. The van der Waals surface area contributed by atoms with Gasteiger partial charge in [-0.3, -0.25) is 4.79 Å². The minimum absolute atomic E-state index is 0. The van der Waals surface area contributed by atoms with Crippen LogP contribution in [0, 0.1) is 5.92 Å². The molecule has 2 aliphatic rings. The molecule has 2 N–H and O–H groups in total. The van der Waals surface area contributed by atoms with Crippen LogP contribution in [0.1, 0.15) is 38.5 Å². The van der Waals surface area contributed by atoms with E-state index < -0.39 is 0 Å². The lowest BCUT2D eigenvalue weighted by atomic mass is 9.82. The molecule has 2 rings (SSSR count). The summed E-state index contributed by atoms with van der Waals surface area (Å²) in [4.78, 5) is 11.4. The highest BCUT2D eigenvalue weighted by Crippen LogP contribution is 2.36. The zero-order valence-electron chi connectivity index (χ0n) is 11.9. The Morgan fingerprint density at radius 3 is 2.74 bits per heavy atom. The van der Waals surface area contributed by atoms with Crippen molar-refractivity contribution in [3.05, 3.63) is 0 Å². The lowest BCUT2D eigenvalue weighted by Crippen LogP contribution is -3.00. The predicted molar refractivity (Wildman–Crippen MR) is 70.9 cm³/mol. The first-order valence-electron chi connectivity index (χ1n) is 7.35. The number of piperidine rings is 2. The first kappa shape index (κ1) is 17.2. The van der Waals surface area contributed by atoms with Crippen molar-refractivity contribution in [3.8, 4) is 0 Å². The summed E-state index contributed by atoms with van der Waals surface area (Å²) in [6.45, 7) is 3.61. The lowest BCUT2D eigenvalue weighted by molar-refractivity contribution is -0.947. The Morgan fingerprint density at radius 1 is 1.26 bits per heavy atom. The van der Waals surface area contributed by atoms with Gasteiger partial charge < -0.3 is 38.9 Å². The van der Waals surface area contributed by atoms with Gasteiger partial charge in [-0.05, 0) is 25.7 Å². The first-order chi connectivity index (χ1) is 8.65. The number of hydrogen-bond acceptors (Lipinski definition) is 3. The summed E-state index contributed by atoms with van der Waals surface area (Å²) >= 11 is 0. The van der Waals surface area contributed by atoms with Gasteiger partial charge in [-0.15, -0.1) is 0 Å². The lowest BCUT2D eigenvalue weighted by Gasteiger charge is -2.51. The highest BCUT2D eigenvalue weighted by Gasteiger charge is 2.43. The van der Waals surface area contributed by atoms with Gasteiger partial charge in [0.1, 0.15) is 0 Å². The Kier molecular flexibility index (Phi) is 7.04. The van der Waals surface area contributed by atoms with E-state index in [9.17, 15) is 4.79 Å². The molecule has 112 valence electrons. The van der Waals surface area contributed by atoms with Crippen LogP contribution >= 0.6 is 0 Å². The number of carbonyl (C=O) groups is 1. The van der Waals surface area contributed by atoms with E-state index >= 15 is 0 Å². The van der Waals surface area contributed by atoms with Crippen LogP contribution in [0.15, 0.2) is 0 Å². The highest BCUT2D eigenvalue weighted by molar-refractivity contribution is 5.69. The van der Waals surface area contributed by atoms with Crippen LogP contribution in [0.3, 0.4) is 0 Å². The molecule has 0 amide bonds. The Balaban J connectivity index is 0.00000180. The number of quaternary nitrogens is 1. The second kappa shape index (κ2) is 7.78. The molecular formula is C14H27IN2O2. The van der Waals surface area contributed by atoms with Crippen molar-refractivity contribution < 1.29 is 38.0 Å². The number of nitrogens with two attached hydrogens (primary N) is 1. The van der Waals surface area contributed by atoms with Crippen molar-refractivity contribution in [1.82, 2.24) is 0 Å². The highest BCUT2D eigenvalue weighted by atomic mass is 127. The molecule has 2 aliphatic heterocycles. The number of nitrogens with zero attached hydrogens (tertiary/aromatic N) is 1. The van der Waals surface area contributed by atoms with Gasteiger partial charge >= 0.3 is 5.97 Å². The molecule has 0 aromatic rings. The minimum Gasteiger partial charge on any atom is -1.00 e. The normalized spacial score (nSPS) is 34.0. The molecule has 0 aromatic heterocycles. The molecule has 0 spiro atoms.